The predicted octanol–water partition coefficient (Wildman–Crippen LogP) is 3.19. The van der Waals surface area contributed by atoms with Gasteiger partial charge in [-0.2, -0.15) is 12.6 Å². The molecule has 0 saturated heterocycles. The molecule has 5 heteroatoms. The van der Waals surface area contributed by atoms with Crippen LogP contribution in [-0.2, 0) is 0 Å². The van der Waals surface area contributed by atoms with Gasteiger partial charge in [-0.1, -0.05) is 23.7 Å². The average Bonchev–Trinajstić information content (AvgIpc) is 2.15. The van der Waals surface area contributed by atoms with Crippen molar-refractivity contribution in [2.24, 2.45) is 0 Å². The lowest BCUT2D eigenvalue weighted by atomic mass is 10.1. The van der Waals surface area contributed by atoms with E-state index in [1.807, 2.05) is 0 Å². The van der Waals surface area contributed by atoms with E-state index in [0.717, 1.165) is 0 Å². The first kappa shape index (κ1) is 11.1. The van der Waals surface area contributed by atoms with E-state index < -0.39 is 4.92 Å². The summed E-state index contributed by atoms with van der Waals surface area (Å²) in [5, 5.41) is 11.0. The molecule has 0 bridgehead atoms. The highest BCUT2D eigenvalue weighted by Crippen LogP contribution is 2.27. The van der Waals surface area contributed by atoms with E-state index in [1.165, 1.54) is 6.07 Å². The van der Waals surface area contributed by atoms with Crippen molar-refractivity contribution in [3.63, 3.8) is 0 Å². The Morgan fingerprint density at radius 2 is 2.29 bits per heavy atom. The molecule has 0 N–H and O–H groups in total. The zero-order valence-electron chi connectivity index (χ0n) is 7.18. The minimum absolute atomic E-state index is 0.00975. The Labute approximate surface area is 91.9 Å². The highest BCUT2D eigenvalue weighted by Gasteiger charge is 2.13. The molecule has 1 aromatic carbocycles. The summed E-state index contributed by atoms with van der Waals surface area (Å²) < 4.78 is 0. The van der Waals surface area contributed by atoms with Crippen molar-refractivity contribution in [2.45, 2.75) is 0 Å². The fourth-order valence-corrected chi connectivity index (χ4v) is 1.36. The van der Waals surface area contributed by atoms with Gasteiger partial charge in [0.2, 0.25) is 0 Å². The lowest BCUT2D eigenvalue weighted by Gasteiger charge is -1.99. The molecule has 0 saturated carbocycles. The summed E-state index contributed by atoms with van der Waals surface area (Å²) in [5.41, 5.74) is 0.434. The first-order chi connectivity index (χ1) is 6.66. The van der Waals surface area contributed by atoms with Crippen LogP contribution in [0.4, 0.5) is 5.69 Å². The topological polar surface area (TPSA) is 43.1 Å². The Balaban J connectivity index is 3.22. The van der Waals surface area contributed by atoms with Crippen molar-refractivity contribution >= 4 is 36.0 Å². The number of rotatable bonds is 3. The van der Waals surface area contributed by atoms with Crippen LogP contribution in [0, 0.1) is 10.1 Å². The number of nitro benzene ring substituents is 1. The SMILES string of the molecule is O=[N+]([O-])c1cccc(Cl)c1C=CCS. The fourth-order valence-electron chi connectivity index (χ4n) is 1.02. The van der Waals surface area contributed by atoms with Crippen molar-refractivity contribution in [3.8, 4) is 0 Å². The van der Waals surface area contributed by atoms with Gasteiger partial charge in [0.15, 0.2) is 0 Å². The van der Waals surface area contributed by atoms with Gasteiger partial charge in [0, 0.05) is 11.8 Å². The van der Waals surface area contributed by atoms with E-state index in [0.29, 0.717) is 16.3 Å². The maximum absolute atomic E-state index is 10.6. The van der Waals surface area contributed by atoms with Gasteiger partial charge in [-0.15, -0.1) is 0 Å². The molecule has 0 aliphatic rings. The largest absolute Gasteiger partial charge is 0.278 e. The van der Waals surface area contributed by atoms with Gasteiger partial charge in [-0.05, 0) is 12.1 Å². The first-order valence-electron chi connectivity index (χ1n) is 3.87. The Kier molecular flexibility index (Phi) is 3.98. The molecular weight excluding hydrogens is 222 g/mol. The van der Waals surface area contributed by atoms with Crippen LogP contribution in [0.15, 0.2) is 24.3 Å². The van der Waals surface area contributed by atoms with Gasteiger partial charge in [-0.3, -0.25) is 10.1 Å². The Hall–Kier alpha value is -1.000. The molecule has 0 aliphatic heterocycles. The zero-order valence-corrected chi connectivity index (χ0v) is 8.83. The lowest BCUT2D eigenvalue weighted by molar-refractivity contribution is -0.385. The van der Waals surface area contributed by atoms with Crippen molar-refractivity contribution in [1.29, 1.82) is 0 Å². The third-order valence-corrected chi connectivity index (χ3v) is 2.16. The predicted molar refractivity (Wildman–Crippen MR) is 61.0 cm³/mol. The van der Waals surface area contributed by atoms with E-state index in [1.54, 1.807) is 24.3 Å². The second-order valence-electron chi connectivity index (χ2n) is 2.51. The van der Waals surface area contributed by atoms with Crippen molar-refractivity contribution in [1.82, 2.24) is 0 Å². The smallest absolute Gasteiger partial charge is 0.258 e. The molecule has 0 radical (unpaired) electrons. The number of hydrogen-bond acceptors (Lipinski definition) is 3. The van der Waals surface area contributed by atoms with Crippen LogP contribution in [0.25, 0.3) is 6.08 Å². The number of halogens is 1. The first-order valence-corrected chi connectivity index (χ1v) is 4.88. The molecule has 0 amide bonds. The summed E-state index contributed by atoms with van der Waals surface area (Å²) in [4.78, 5) is 10.2. The number of nitro groups is 1. The van der Waals surface area contributed by atoms with Gasteiger partial charge in [0.25, 0.3) is 5.69 Å². The van der Waals surface area contributed by atoms with Crippen molar-refractivity contribution < 1.29 is 4.92 Å². The molecule has 0 spiro atoms. The summed E-state index contributed by atoms with van der Waals surface area (Å²) in [7, 11) is 0. The van der Waals surface area contributed by atoms with Crippen LogP contribution in [-0.4, -0.2) is 10.7 Å². The number of thiol groups is 1. The molecule has 74 valence electrons. The number of benzene rings is 1. The maximum atomic E-state index is 10.6. The quantitative estimate of drug-likeness (QED) is 0.491. The van der Waals surface area contributed by atoms with E-state index in [4.69, 9.17) is 11.6 Å². The van der Waals surface area contributed by atoms with Crippen LogP contribution >= 0.6 is 24.2 Å². The summed E-state index contributed by atoms with van der Waals surface area (Å²) in [6.07, 6.45) is 3.31. The number of nitrogens with zero attached hydrogens (tertiary/aromatic N) is 1. The van der Waals surface area contributed by atoms with E-state index in [2.05, 4.69) is 12.6 Å². The third-order valence-electron chi connectivity index (χ3n) is 1.62. The number of hydrogen-bond donors (Lipinski definition) is 1. The summed E-state index contributed by atoms with van der Waals surface area (Å²) in [6.45, 7) is 0. The van der Waals surface area contributed by atoms with E-state index >= 15 is 0 Å². The van der Waals surface area contributed by atoms with Gasteiger partial charge in [0.05, 0.1) is 15.5 Å². The third kappa shape index (κ3) is 2.49. The zero-order chi connectivity index (χ0) is 10.6. The molecule has 0 aromatic heterocycles. The molecule has 0 heterocycles. The summed E-state index contributed by atoms with van der Waals surface area (Å²) in [6, 6.07) is 4.59. The molecule has 1 aromatic rings. The standard InChI is InChI=1S/C9H8ClNO2S/c10-8-4-1-5-9(11(12)13)7(8)3-2-6-14/h1-5,14H,6H2. The van der Waals surface area contributed by atoms with Crippen LogP contribution in [0.5, 0.6) is 0 Å². The Morgan fingerprint density at radius 1 is 1.57 bits per heavy atom. The molecule has 1 rings (SSSR count). The van der Waals surface area contributed by atoms with E-state index in [9.17, 15) is 10.1 Å². The molecular formula is C9H8ClNO2S. The Morgan fingerprint density at radius 3 is 2.86 bits per heavy atom. The maximum Gasteiger partial charge on any atom is 0.278 e. The second kappa shape index (κ2) is 5.02. The minimum Gasteiger partial charge on any atom is -0.258 e. The normalized spacial score (nSPS) is 10.7. The van der Waals surface area contributed by atoms with Crippen LogP contribution in [0.2, 0.25) is 5.02 Å². The van der Waals surface area contributed by atoms with Gasteiger partial charge in [-0.25, -0.2) is 0 Å². The monoisotopic (exact) mass is 229 g/mol. The highest BCUT2D eigenvalue weighted by molar-refractivity contribution is 7.80. The summed E-state index contributed by atoms with van der Waals surface area (Å²) in [5.74, 6) is 0.516. The average molecular weight is 230 g/mol. The molecule has 0 aliphatic carbocycles. The van der Waals surface area contributed by atoms with Gasteiger partial charge in [0.1, 0.15) is 0 Å². The molecule has 0 unspecified atom stereocenters. The molecule has 3 nitrogen and oxygen atoms in total. The molecule has 0 atom stereocenters. The van der Waals surface area contributed by atoms with Gasteiger partial charge >= 0.3 is 0 Å². The minimum atomic E-state index is -0.454. The Bertz CT molecular complexity index is 379. The molecule has 14 heavy (non-hydrogen) atoms. The van der Waals surface area contributed by atoms with Crippen molar-refractivity contribution in [2.75, 3.05) is 5.75 Å². The fraction of sp³-hybridized carbons (Fsp3) is 0.111. The highest BCUT2D eigenvalue weighted by atomic mass is 35.5. The van der Waals surface area contributed by atoms with Crippen LogP contribution in [0.3, 0.4) is 0 Å². The lowest BCUT2D eigenvalue weighted by Crippen LogP contribution is -1.91. The molecule has 0 fully saturated rings. The van der Waals surface area contributed by atoms with Gasteiger partial charge < -0.3 is 0 Å². The van der Waals surface area contributed by atoms with Crippen molar-refractivity contribution in [3.05, 3.63) is 45.0 Å². The second-order valence-corrected chi connectivity index (χ2v) is 3.29. The van der Waals surface area contributed by atoms with E-state index in [-0.39, 0.29) is 5.69 Å². The van der Waals surface area contributed by atoms with Crippen LogP contribution < -0.4 is 0 Å². The van der Waals surface area contributed by atoms with Crippen LogP contribution in [0.1, 0.15) is 5.56 Å². The summed E-state index contributed by atoms with van der Waals surface area (Å²) >= 11 is 9.80.